The molecular weight excluding hydrogens is 461 g/mol. The summed E-state index contributed by atoms with van der Waals surface area (Å²) in [7, 11) is 1.16. The van der Waals surface area contributed by atoms with E-state index in [0.717, 1.165) is 25.7 Å². The monoisotopic (exact) mass is 509 g/mol. The molecule has 0 N–H and O–H groups in total. The van der Waals surface area contributed by atoms with Gasteiger partial charge in [-0.1, -0.05) is 65.2 Å². The Morgan fingerprint density at radius 1 is 0.794 bits per heavy atom. The van der Waals surface area contributed by atoms with Gasteiger partial charge in [-0.05, 0) is 12.8 Å². The van der Waals surface area contributed by atoms with E-state index in [1.165, 1.54) is 25.7 Å². The number of unbranched alkanes of at least 4 members (excludes halogenated alkanes) is 8. The van der Waals surface area contributed by atoms with Crippen LogP contribution in [0.15, 0.2) is 0 Å². The molecule has 0 fully saturated rings. The van der Waals surface area contributed by atoms with Gasteiger partial charge in [-0.25, -0.2) is 0 Å². The second-order valence-electron chi connectivity index (χ2n) is 9.71. The molecular formula is C24H48NO8P. The van der Waals surface area contributed by atoms with Gasteiger partial charge in [0.25, 0.3) is 7.82 Å². The zero-order valence-electron chi connectivity index (χ0n) is 22.1. The molecule has 9 nitrogen and oxygen atoms in total. The van der Waals surface area contributed by atoms with Crippen LogP contribution in [0.2, 0.25) is 0 Å². The molecule has 34 heavy (non-hydrogen) atoms. The van der Waals surface area contributed by atoms with Gasteiger partial charge in [-0.3, -0.25) is 14.2 Å². The molecule has 2 unspecified atom stereocenters. The third-order valence-electron chi connectivity index (χ3n) is 5.13. The van der Waals surface area contributed by atoms with Gasteiger partial charge in [0.05, 0.1) is 27.7 Å². The Kier molecular flexibility index (Phi) is 18.7. The lowest BCUT2D eigenvalue weighted by atomic mass is 10.1. The molecule has 0 saturated heterocycles. The van der Waals surface area contributed by atoms with Crippen LogP contribution in [0.4, 0.5) is 0 Å². The standard InChI is InChI=1S/C24H48NO8P/c1-6-8-10-11-12-13-14-15-17-24(27)33-22(20-30-23(26)16-9-7-2)21-32-34(28,29)31-19-18-25(3,4)5/h22H,6-21H2,1-5H3. The zero-order valence-corrected chi connectivity index (χ0v) is 22.9. The summed E-state index contributed by atoms with van der Waals surface area (Å²) in [6.07, 6.45) is 9.81. The number of carbonyl (C=O) groups is 2. The molecule has 0 amide bonds. The largest absolute Gasteiger partial charge is 0.756 e. The summed E-state index contributed by atoms with van der Waals surface area (Å²) in [5.74, 6) is -0.883. The predicted octanol–water partition coefficient (Wildman–Crippen LogP) is 4.37. The lowest BCUT2D eigenvalue weighted by molar-refractivity contribution is -0.870. The minimum Gasteiger partial charge on any atom is -0.756 e. The summed E-state index contributed by atoms with van der Waals surface area (Å²) < 4.78 is 32.9. The van der Waals surface area contributed by atoms with Crippen LogP contribution in [-0.4, -0.2) is 70.0 Å². The fourth-order valence-corrected chi connectivity index (χ4v) is 3.71. The molecule has 0 radical (unpaired) electrons. The second kappa shape index (κ2) is 19.2. The molecule has 2 atom stereocenters. The number of hydrogen-bond acceptors (Lipinski definition) is 8. The second-order valence-corrected chi connectivity index (χ2v) is 11.1. The number of likely N-dealkylation sites (N-methyl/N-ethyl adjacent to an activating group) is 1. The topological polar surface area (TPSA) is 111 Å². The van der Waals surface area contributed by atoms with E-state index in [0.29, 0.717) is 23.9 Å². The smallest absolute Gasteiger partial charge is 0.306 e. The first-order valence-corrected chi connectivity index (χ1v) is 14.2. The molecule has 10 heteroatoms. The van der Waals surface area contributed by atoms with E-state index < -0.39 is 32.5 Å². The van der Waals surface area contributed by atoms with Gasteiger partial charge in [0, 0.05) is 12.8 Å². The van der Waals surface area contributed by atoms with Gasteiger partial charge in [0.1, 0.15) is 19.8 Å². The van der Waals surface area contributed by atoms with Gasteiger partial charge >= 0.3 is 11.9 Å². The molecule has 0 aliphatic heterocycles. The van der Waals surface area contributed by atoms with Gasteiger partial charge in [-0.2, -0.15) is 0 Å². The molecule has 0 aromatic rings. The Hall–Kier alpha value is -0.990. The van der Waals surface area contributed by atoms with E-state index >= 15 is 0 Å². The molecule has 0 aromatic carbocycles. The lowest BCUT2D eigenvalue weighted by Gasteiger charge is -2.28. The maximum absolute atomic E-state index is 12.3. The Morgan fingerprint density at radius 3 is 1.94 bits per heavy atom. The molecule has 0 aliphatic rings. The Morgan fingerprint density at radius 2 is 1.35 bits per heavy atom. The molecule has 0 aliphatic carbocycles. The van der Waals surface area contributed by atoms with E-state index in [9.17, 15) is 19.0 Å². The molecule has 202 valence electrons. The summed E-state index contributed by atoms with van der Waals surface area (Å²) in [6.45, 7) is 3.87. The van der Waals surface area contributed by atoms with E-state index in [4.69, 9.17) is 18.5 Å². The van der Waals surface area contributed by atoms with Crippen molar-refractivity contribution in [2.45, 2.75) is 97.0 Å². The quantitative estimate of drug-likeness (QED) is 0.0915. The van der Waals surface area contributed by atoms with Crippen LogP contribution in [0.1, 0.15) is 90.9 Å². The van der Waals surface area contributed by atoms with Crippen molar-refractivity contribution in [3.63, 3.8) is 0 Å². The van der Waals surface area contributed by atoms with Crippen molar-refractivity contribution in [1.82, 2.24) is 0 Å². The van der Waals surface area contributed by atoms with Crippen LogP contribution in [0.3, 0.4) is 0 Å². The number of quaternary nitrogens is 1. The van der Waals surface area contributed by atoms with Crippen LogP contribution in [0.5, 0.6) is 0 Å². The first-order chi connectivity index (χ1) is 16.0. The third kappa shape index (κ3) is 21.5. The maximum Gasteiger partial charge on any atom is 0.306 e. The molecule has 0 rings (SSSR count). The minimum atomic E-state index is -4.57. The molecule has 0 saturated carbocycles. The van der Waals surface area contributed by atoms with Crippen molar-refractivity contribution in [3.8, 4) is 0 Å². The van der Waals surface area contributed by atoms with E-state index in [1.807, 2.05) is 28.1 Å². The first-order valence-electron chi connectivity index (χ1n) is 12.7. The molecule has 0 spiro atoms. The molecule has 0 heterocycles. The van der Waals surface area contributed by atoms with Crippen LogP contribution in [0, 0.1) is 0 Å². The van der Waals surface area contributed by atoms with Crippen molar-refractivity contribution < 1.29 is 42.1 Å². The minimum absolute atomic E-state index is 0.0286. The number of nitrogens with zero attached hydrogens (tertiary/aromatic N) is 1. The summed E-state index contributed by atoms with van der Waals surface area (Å²) in [5.41, 5.74) is 0. The third-order valence-corrected chi connectivity index (χ3v) is 6.09. The average Bonchev–Trinajstić information content (AvgIpc) is 2.74. The lowest BCUT2D eigenvalue weighted by Crippen LogP contribution is -2.37. The number of rotatable bonds is 22. The highest BCUT2D eigenvalue weighted by atomic mass is 31.2. The maximum atomic E-state index is 12.3. The van der Waals surface area contributed by atoms with E-state index in [-0.39, 0.29) is 26.1 Å². The predicted molar refractivity (Wildman–Crippen MR) is 130 cm³/mol. The van der Waals surface area contributed by atoms with Crippen molar-refractivity contribution in [3.05, 3.63) is 0 Å². The van der Waals surface area contributed by atoms with E-state index in [1.54, 1.807) is 0 Å². The summed E-state index contributed by atoms with van der Waals surface area (Å²) in [5, 5.41) is 0. The van der Waals surface area contributed by atoms with Crippen molar-refractivity contribution in [1.29, 1.82) is 0 Å². The number of ether oxygens (including phenoxy) is 2. The summed E-state index contributed by atoms with van der Waals surface area (Å²) >= 11 is 0. The number of hydrogen-bond donors (Lipinski definition) is 0. The summed E-state index contributed by atoms with van der Waals surface area (Å²) in [6, 6.07) is 0. The highest BCUT2D eigenvalue weighted by Gasteiger charge is 2.21. The zero-order chi connectivity index (χ0) is 25.9. The van der Waals surface area contributed by atoms with Gasteiger partial charge in [-0.15, -0.1) is 0 Å². The fraction of sp³-hybridized carbons (Fsp3) is 0.917. The van der Waals surface area contributed by atoms with Crippen LogP contribution in [-0.2, 0) is 32.7 Å². The van der Waals surface area contributed by atoms with Gasteiger partial charge in [0.15, 0.2) is 6.10 Å². The first kappa shape index (κ1) is 33.0. The van der Waals surface area contributed by atoms with Gasteiger partial charge < -0.3 is 27.9 Å². The molecule has 0 aromatic heterocycles. The average molecular weight is 510 g/mol. The van der Waals surface area contributed by atoms with Crippen molar-refractivity contribution in [2.24, 2.45) is 0 Å². The highest BCUT2D eigenvalue weighted by Crippen LogP contribution is 2.38. The summed E-state index contributed by atoms with van der Waals surface area (Å²) in [4.78, 5) is 36.1. The normalized spacial score (nSPS) is 14.4. The van der Waals surface area contributed by atoms with E-state index in [2.05, 4.69) is 6.92 Å². The fourth-order valence-electron chi connectivity index (χ4n) is 2.98. The number of esters is 2. The van der Waals surface area contributed by atoms with Crippen LogP contribution < -0.4 is 4.89 Å². The Bertz CT molecular complexity index is 594. The van der Waals surface area contributed by atoms with Gasteiger partial charge in [0.2, 0.25) is 0 Å². The Labute approximate surface area is 206 Å². The van der Waals surface area contributed by atoms with Crippen molar-refractivity contribution >= 4 is 19.8 Å². The number of phosphoric acid groups is 1. The van der Waals surface area contributed by atoms with Crippen molar-refractivity contribution in [2.75, 3.05) is 47.5 Å². The van der Waals surface area contributed by atoms with Crippen LogP contribution in [0.25, 0.3) is 0 Å². The molecule has 0 bridgehead atoms. The highest BCUT2D eigenvalue weighted by molar-refractivity contribution is 7.45. The van der Waals surface area contributed by atoms with Crippen LogP contribution >= 0.6 is 7.82 Å². The Balaban J connectivity index is 4.52. The number of carbonyl (C=O) groups excluding carboxylic acids is 2. The SMILES string of the molecule is CCCCCCCCCCC(=O)OC(COC(=O)CCCC)COP(=O)([O-])OCC[N+](C)(C)C. The number of phosphoric ester groups is 1.